The van der Waals surface area contributed by atoms with Crippen LogP contribution in [0.4, 0.5) is 5.69 Å². The molecule has 2 amide bonds. The summed E-state index contributed by atoms with van der Waals surface area (Å²) in [5.74, 6) is -0.787. The molecule has 0 aliphatic carbocycles. The molecule has 34 heavy (non-hydrogen) atoms. The Balaban J connectivity index is 2.49. The van der Waals surface area contributed by atoms with Crippen LogP contribution in [0, 0.1) is 6.92 Å². The number of aryl methyl sites for hydroxylation is 1. The molecule has 0 radical (unpaired) electrons. The minimum absolute atomic E-state index is 0.168. The number of nitrogens with zero attached hydrogens (tertiary/aromatic N) is 2. The van der Waals surface area contributed by atoms with E-state index >= 15 is 0 Å². The van der Waals surface area contributed by atoms with E-state index in [1.54, 1.807) is 24.3 Å². The lowest BCUT2D eigenvalue weighted by Crippen LogP contribution is -2.55. The summed E-state index contributed by atoms with van der Waals surface area (Å²) in [7, 11) is -3.83. The molecule has 2 rings (SSSR count). The van der Waals surface area contributed by atoms with E-state index in [1.165, 1.54) is 4.90 Å². The summed E-state index contributed by atoms with van der Waals surface area (Å²) in [4.78, 5) is 28.3. The maximum atomic E-state index is 13.7. The molecule has 7 nitrogen and oxygen atoms in total. The Morgan fingerprint density at radius 3 is 2.18 bits per heavy atom. The first-order valence-corrected chi connectivity index (χ1v) is 13.4. The normalized spacial score (nSPS) is 12.7. The van der Waals surface area contributed by atoms with Crippen molar-refractivity contribution >= 4 is 39.1 Å². The lowest BCUT2D eigenvalue weighted by molar-refractivity contribution is -0.141. The van der Waals surface area contributed by atoms with Crippen LogP contribution in [0.1, 0.15) is 45.2 Å². The fourth-order valence-electron chi connectivity index (χ4n) is 3.59. The van der Waals surface area contributed by atoms with Gasteiger partial charge in [0.2, 0.25) is 21.8 Å². The van der Waals surface area contributed by atoms with Gasteiger partial charge in [0.1, 0.15) is 12.6 Å². The first kappa shape index (κ1) is 27.7. The summed E-state index contributed by atoms with van der Waals surface area (Å²) in [6.45, 7) is 9.05. The van der Waals surface area contributed by atoms with Gasteiger partial charge in [0, 0.05) is 12.1 Å². The molecule has 186 valence electrons. The van der Waals surface area contributed by atoms with Crippen molar-refractivity contribution in [1.82, 2.24) is 10.2 Å². The van der Waals surface area contributed by atoms with E-state index < -0.39 is 34.1 Å². The highest BCUT2D eigenvalue weighted by molar-refractivity contribution is 7.92. The average Bonchev–Trinajstić information content (AvgIpc) is 2.71. The fourth-order valence-corrected chi connectivity index (χ4v) is 4.74. The summed E-state index contributed by atoms with van der Waals surface area (Å²) < 4.78 is 26.2. The van der Waals surface area contributed by atoms with E-state index in [1.807, 2.05) is 58.9 Å². The van der Waals surface area contributed by atoms with E-state index in [0.29, 0.717) is 6.42 Å². The molecule has 0 aromatic heterocycles. The van der Waals surface area contributed by atoms with Crippen LogP contribution in [0.3, 0.4) is 0 Å². The van der Waals surface area contributed by atoms with Crippen LogP contribution in [0.15, 0.2) is 48.5 Å². The quantitative estimate of drug-likeness (QED) is 0.552. The molecular formula is C25H34ClN3O4S. The van der Waals surface area contributed by atoms with Crippen LogP contribution >= 0.6 is 11.6 Å². The van der Waals surface area contributed by atoms with Crippen LogP contribution in [0.5, 0.6) is 0 Å². The third kappa shape index (κ3) is 7.46. The minimum Gasteiger partial charge on any atom is -0.350 e. The number of para-hydroxylation sites is 1. The van der Waals surface area contributed by atoms with Gasteiger partial charge >= 0.3 is 0 Å². The molecule has 0 bridgehead atoms. The van der Waals surface area contributed by atoms with E-state index in [9.17, 15) is 18.0 Å². The second-order valence-electron chi connectivity index (χ2n) is 9.33. The molecule has 0 heterocycles. The van der Waals surface area contributed by atoms with Crippen LogP contribution < -0.4 is 9.62 Å². The Labute approximate surface area is 208 Å². The molecular weight excluding hydrogens is 474 g/mol. The molecule has 0 aliphatic rings. The van der Waals surface area contributed by atoms with Crippen LogP contribution in [-0.4, -0.2) is 49.5 Å². The highest BCUT2D eigenvalue weighted by atomic mass is 35.5. The molecule has 1 N–H and O–H groups in total. The molecule has 2 aromatic carbocycles. The zero-order chi connectivity index (χ0) is 25.7. The third-order valence-corrected chi connectivity index (χ3v) is 6.73. The monoisotopic (exact) mass is 507 g/mol. The summed E-state index contributed by atoms with van der Waals surface area (Å²) in [5.41, 5.74) is 1.57. The number of hydrogen-bond acceptors (Lipinski definition) is 4. The molecule has 1 unspecified atom stereocenters. The first-order valence-electron chi connectivity index (χ1n) is 11.1. The minimum atomic E-state index is -3.83. The van der Waals surface area contributed by atoms with Crippen molar-refractivity contribution in [2.75, 3.05) is 17.1 Å². The summed E-state index contributed by atoms with van der Waals surface area (Å²) in [5, 5.41) is 3.16. The number of nitrogens with one attached hydrogen (secondary N) is 1. The summed E-state index contributed by atoms with van der Waals surface area (Å²) in [6, 6.07) is 13.3. The van der Waals surface area contributed by atoms with Crippen LogP contribution in [0.25, 0.3) is 0 Å². The number of hydrogen-bond donors (Lipinski definition) is 1. The highest BCUT2D eigenvalue weighted by Gasteiger charge is 2.33. The predicted molar refractivity (Wildman–Crippen MR) is 137 cm³/mol. The van der Waals surface area contributed by atoms with Crippen molar-refractivity contribution in [2.45, 2.75) is 59.2 Å². The van der Waals surface area contributed by atoms with Gasteiger partial charge in [0.25, 0.3) is 0 Å². The van der Waals surface area contributed by atoms with Crippen molar-refractivity contribution in [3.05, 3.63) is 64.7 Å². The maximum absolute atomic E-state index is 13.7. The second kappa shape index (κ2) is 11.2. The number of halogens is 1. The van der Waals surface area contributed by atoms with Crippen molar-refractivity contribution in [1.29, 1.82) is 0 Å². The van der Waals surface area contributed by atoms with Gasteiger partial charge in [-0.3, -0.25) is 13.9 Å². The van der Waals surface area contributed by atoms with Gasteiger partial charge in [0.05, 0.1) is 17.0 Å². The van der Waals surface area contributed by atoms with Gasteiger partial charge in [-0.1, -0.05) is 54.9 Å². The lowest BCUT2D eigenvalue weighted by Gasteiger charge is -2.35. The molecule has 2 aromatic rings. The largest absolute Gasteiger partial charge is 0.350 e. The number of sulfonamides is 1. The third-order valence-electron chi connectivity index (χ3n) is 5.29. The maximum Gasteiger partial charge on any atom is 0.244 e. The van der Waals surface area contributed by atoms with Crippen molar-refractivity contribution in [3.8, 4) is 0 Å². The Morgan fingerprint density at radius 1 is 1.06 bits per heavy atom. The summed E-state index contributed by atoms with van der Waals surface area (Å²) in [6.07, 6.45) is 1.39. The van der Waals surface area contributed by atoms with Crippen LogP contribution in [-0.2, 0) is 26.2 Å². The fraction of sp³-hybridized carbons (Fsp3) is 0.440. The zero-order valence-corrected chi connectivity index (χ0v) is 22.2. The summed E-state index contributed by atoms with van der Waals surface area (Å²) >= 11 is 6.26. The Kier molecular flexibility index (Phi) is 9.14. The second-order valence-corrected chi connectivity index (χ2v) is 11.6. The lowest BCUT2D eigenvalue weighted by atomic mass is 10.0. The standard InChI is InChI=1S/C25H34ClN3O4S/c1-7-21(24(31)27-25(3,4)5)28(16-19-13-9-8-12-18(19)2)23(30)17-29(34(6,32)33)22-15-11-10-14-20(22)26/h8-15,21H,7,16-17H2,1-6H3,(H,27,31). The zero-order valence-electron chi connectivity index (χ0n) is 20.6. The number of amides is 2. The van der Waals surface area contributed by atoms with Crippen molar-refractivity contribution < 1.29 is 18.0 Å². The molecule has 1 atom stereocenters. The van der Waals surface area contributed by atoms with Crippen LogP contribution in [0.2, 0.25) is 5.02 Å². The van der Waals surface area contributed by atoms with Crippen molar-refractivity contribution in [2.24, 2.45) is 0 Å². The SMILES string of the molecule is CCC(C(=O)NC(C)(C)C)N(Cc1ccccc1C)C(=O)CN(c1ccccc1Cl)S(C)(=O)=O. The molecule has 9 heteroatoms. The van der Waals surface area contributed by atoms with Gasteiger partial charge in [0.15, 0.2) is 0 Å². The Bertz CT molecular complexity index is 1130. The average molecular weight is 508 g/mol. The smallest absolute Gasteiger partial charge is 0.244 e. The predicted octanol–water partition coefficient (Wildman–Crippen LogP) is 4.14. The van der Waals surface area contributed by atoms with Gasteiger partial charge in [-0.15, -0.1) is 0 Å². The van der Waals surface area contributed by atoms with E-state index in [0.717, 1.165) is 21.7 Å². The molecule has 0 fully saturated rings. The number of benzene rings is 2. The topological polar surface area (TPSA) is 86.8 Å². The highest BCUT2D eigenvalue weighted by Crippen LogP contribution is 2.27. The van der Waals surface area contributed by atoms with Gasteiger partial charge < -0.3 is 10.2 Å². The van der Waals surface area contributed by atoms with Gasteiger partial charge in [-0.25, -0.2) is 8.42 Å². The number of carbonyl (C=O) groups is 2. The van der Waals surface area contributed by atoms with E-state index in [-0.39, 0.29) is 23.2 Å². The Morgan fingerprint density at radius 2 is 1.65 bits per heavy atom. The molecule has 0 aliphatic heterocycles. The number of carbonyl (C=O) groups excluding carboxylic acids is 2. The molecule has 0 spiro atoms. The first-order chi connectivity index (χ1) is 15.7. The Hall–Kier alpha value is -2.58. The number of anilines is 1. The van der Waals surface area contributed by atoms with E-state index in [4.69, 9.17) is 11.6 Å². The molecule has 0 saturated carbocycles. The van der Waals surface area contributed by atoms with E-state index in [2.05, 4.69) is 5.32 Å². The van der Waals surface area contributed by atoms with Gasteiger partial charge in [-0.05, 0) is 57.4 Å². The van der Waals surface area contributed by atoms with Gasteiger partial charge in [-0.2, -0.15) is 0 Å². The number of rotatable bonds is 9. The molecule has 0 saturated heterocycles. The van der Waals surface area contributed by atoms with Crippen molar-refractivity contribution in [3.63, 3.8) is 0 Å².